The predicted molar refractivity (Wildman–Crippen MR) is 112 cm³/mol. The van der Waals surface area contributed by atoms with Crippen molar-refractivity contribution in [1.82, 2.24) is 4.90 Å². The molecule has 150 valence electrons. The first-order valence-electron chi connectivity index (χ1n) is 10.1. The smallest absolute Gasteiger partial charge is 0.282 e. The van der Waals surface area contributed by atoms with E-state index in [4.69, 9.17) is 0 Å². The van der Waals surface area contributed by atoms with Crippen molar-refractivity contribution < 1.29 is 14.0 Å². The van der Waals surface area contributed by atoms with E-state index in [1.807, 2.05) is 25.1 Å². The maximum absolute atomic E-state index is 13.6. The van der Waals surface area contributed by atoms with Gasteiger partial charge < -0.3 is 4.90 Å². The number of hydrogen-bond acceptors (Lipinski definition) is 3. The van der Waals surface area contributed by atoms with E-state index in [2.05, 4.69) is 18.7 Å². The van der Waals surface area contributed by atoms with Gasteiger partial charge in [0.1, 0.15) is 11.5 Å². The van der Waals surface area contributed by atoms with Crippen LogP contribution in [0.4, 0.5) is 10.1 Å². The second kappa shape index (κ2) is 7.47. The van der Waals surface area contributed by atoms with Crippen LogP contribution in [0.1, 0.15) is 31.4 Å². The summed E-state index contributed by atoms with van der Waals surface area (Å²) < 4.78 is 13.5. The van der Waals surface area contributed by atoms with Crippen LogP contribution in [0.15, 0.2) is 54.2 Å². The monoisotopic (exact) mass is 392 g/mol. The van der Waals surface area contributed by atoms with Crippen molar-refractivity contribution in [1.29, 1.82) is 0 Å². The van der Waals surface area contributed by atoms with Crippen LogP contribution in [0.2, 0.25) is 0 Å². The third kappa shape index (κ3) is 3.46. The van der Waals surface area contributed by atoms with Crippen LogP contribution >= 0.6 is 0 Å². The predicted octanol–water partition coefficient (Wildman–Crippen LogP) is 4.40. The second-order valence-electron chi connectivity index (χ2n) is 8.31. The van der Waals surface area contributed by atoms with Crippen LogP contribution in [0, 0.1) is 24.6 Å². The van der Waals surface area contributed by atoms with Crippen LogP contribution in [-0.2, 0) is 9.59 Å². The summed E-state index contributed by atoms with van der Waals surface area (Å²) in [6, 6.07) is 13.2. The number of likely N-dealkylation sites (tertiary alicyclic amines) is 1. The lowest BCUT2D eigenvalue weighted by atomic mass is 9.91. The lowest BCUT2D eigenvalue weighted by molar-refractivity contribution is -0.120. The standard InChI is InChI=1S/C24H25FN2O2/c1-15-12-16(2)14-26(13-15)22-21(18-8-10-19(25)11-9-18)23(28)27(24(22)29)20-7-5-4-6-17(20)3/h4-11,15-16H,12-14H2,1-3H3. The van der Waals surface area contributed by atoms with E-state index in [0.29, 0.717) is 34.4 Å². The zero-order valence-corrected chi connectivity index (χ0v) is 17.0. The zero-order chi connectivity index (χ0) is 20.7. The van der Waals surface area contributed by atoms with Crippen molar-refractivity contribution in [2.75, 3.05) is 18.0 Å². The molecule has 5 heteroatoms. The Labute approximate surface area is 170 Å². The van der Waals surface area contributed by atoms with Gasteiger partial charge in [-0.1, -0.05) is 44.2 Å². The molecule has 0 bridgehead atoms. The summed E-state index contributed by atoms with van der Waals surface area (Å²) in [6.07, 6.45) is 1.10. The van der Waals surface area contributed by atoms with E-state index in [9.17, 15) is 14.0 Å². The third-order valence-electron chi connectivity index (χ3n) is 5.73. The number of amides is 2. The van der Waals surface area contributed by atoms with Crippen LogP contribution in [0.5, 0.6) is 0 Å². The molecule has 2 aliphatic rings. The van der Waals surface area contributed by atoms with Gasteiger partial charge in [-0.2, -0.15) is 0 Å². The number of piperidine rings is 1. The number of imide groups is 1. The minimum atomic E-state index is -0.372. The number of rotatable bonds is 3. The van der Waals surface area contributed by atoms with Crippen LogP contribution in [0.3, 0.4) is 0 Å². The van der Waals surface area contributed by atoms with Gasteiger partial charge in [-0.3, -0.25) is 9.59 Å². The molecule has 0 radical (unpaired) electrons. The summed E-state index contributed by atoms with van der Waals surface area (Å²) in [5.74, 6) is -0.169. The summed E-state index contributed by atoms with van der Waals surface area (Å²) in [6.45, 7) is 7.68. The van der Waals surface area contributed by atoms with E-state index in [1.54, 1.807) is 18.2 Å². The fraction of sp³-hybridized carbons (Fsp3) is 0.333. The van der Waals surface area contributed by atoms with Crippen LogP contribution in [-0.4, -0.2) is 29.8 Å². The SMILES string of the molecule is Cc1ccccc1N1C(=O)C(c2ccc(F)cc2)=C(N2CC(C)CC(C)C2)C1=O. The number of nitrogens with zero attached hydrogens (tertiary/aromatic N) is 2. The second-order valence-corrected chi connectivity index (χ2v) is 8.31. The summed E-state index contributed by atoms with van der Waals surface area (Å²) in [5, 5.41) is 0. The third-order valence-corrected chi connectivity index (χ3v) is 5.73. The fourth-order valence-electron chi connectivity index (χ4n) is 4.57. The van der Waals surface area contributed by atoms with Crippen molar-refractivity contribution in [3.8, 4) is 0 Å². The van der Waals surface area contributed by atoms with Gasteiger partial charge in [0.2, 0.25) is 0 Å². The highest BCUT2D eigenvalue weighted by Gasteiger charge is 2.44. The van der Waals surface area contributed by atoms with E-state index in [0.717, 1.165) is 25.1 Å². The maximum atomic E-state index is 13.6. The molecule has 4 rings (SSSR count). The van der Waals surface area contributed by atoms with Gasteiger partial charge in [-0.15, -0.1) is 0 Å². The van der Waals surface area contributed by atoms with Crippen molar-refractivity contribution in [3.05, 3.63) is 71.2 Å². The molecule has 0 aliphatic carbocycles. The molecule has 0 saturated carbocycles. The number of benzene rings is 2. The van der Waals surface area contributed by atoms with Crippen LogP contribution in [0.25, 0.3) is 5.57 Å². The summed E-state index contributed by atoms with van der Waals surface area (Å²) >= 11 is 0. The summed E-state index contributed by atoms with van der Waals surface area (Å²) in [7, 11) is 0. The van der Waals surface area contributed by atoms with E-state index in [-0.39, 0.29) is 17.6 Å². The lowest BCUT2D eigenvalue weighted by Gasteiger charge is -2.37. The molecule has 2 atom stereocenters. The Morgan fingerprint density at radius 2 is 1.52 bits per heavy atom. The number of aryl methyl sites for hydroxylation is 1. The summed E-state index contributed by atoms with van der Waals surface area (Å²) in [5.41, 5.74) is 2.81. The number of anilines is 1. The van der Waals surface area contributed by atoms with E-state index >= 15 is 0 Å². The largest absolute Gasteiger partial charge is 0.366 e. The molecule has 2 aromatic carbocycles. The van der Waals surface area contributed by atoms with Gasteiger partial charge in [-0.05, 0) is 54.5 Å². The van der Waals surface area contributed by atoms with Crippen LogP contribution < -0.4 is 4.90 Å². The van der Waals surface area contributed by atoms with E-state index < -0.39 is 0 Å². The van der Waals surface area contributed by atoms with Crippen molar-refractivity contribution >= 4 is 23.1 Å². The zero-order valence-electron chi connectivity index (χ0n) is 17.0. The van der Waals surface area contributed by atoms with E-state index in [1.165, 1.54) is 17.0 Å². The first-order valence-corrected chi connectivity index (χ1v) is 10.1. The molecule has 2 aliphatic heterocycles. The molecule has 0 aromatic heterocycles. The molecule has 2 heterocycles. The Kier molecular flexibility index (Phi) is 4.99. The molecule has 2 aromatic rings. The van der Waals surface area contributed by atoms with Gasteiger partial charge in [0, 0.05) is 13.1 Å². The first kappa shape index (κ1) is 19.4. The Balaban J connectivity index is 1.85. The minimum Gasteiger partial charge on any atom is -0.366 e. The average molecular weight is 392 g/mol. The van der Waals surface area contributed by atoms with Gasteiger partial charge >= 0.3 is 0 Å². The molecule has 1 fully saturated rings. The number of hydrogen-bond donors (Lipinski definition) is 0. The molecule has 0 N–H and O–H groups in total. The highest BCUT2D eigenvalue weighted by atomic mass is 19.1. The number of para-hydroxylation sites is 1. The molecule has 0 spiro atoms. The highest BCUT2D eigenvalue weighted by Crippen LogP contribution is 2.38. The highest BCUT2D eigenvalue weighted by molar-refractivity contribution is 6.45. The topological polar surface area (TPSA) is 40.6 Å². The Morgan fingerprint density at radius 1 is 0.897 bits per heavy atom. The van der Waals surface area contributed by atoms with Crippen molar-refractivity contribution in [2.45, 2.75) is 27.2 Å². The molecule has 2 unspecified atom stereocenters. The number of halogens is 1. The van der Waals surface area contributed by atoms with Gasteiger partial charge in [-0.25, -0.2) is 9.29 Å². The first-order chi connectivity index (χ1) is 13.9. The quantitative estimate of drug-likeness (QED) is 0.727. The minimum absolute atomic E-state index is 0.301. The number of carbonyl (C=O) groups is 2. The Bertz CT molecular complexity index is 986. The molecule has 29 heavy (non-hydrogen) atoms. The molecule has 1 saturated heterocycles. The maximum Gasteiger partial charge on any atom is 0.282 e. The molecule has 2 amide bonds. The lowest BCUT2D eigenvalue weighted by Crippen LogP contribution is -2.42. The number of carbonyl (C=O) groups excluding carboxylic acids is 2. The summed E-state index contributed by atoms with van der Waals surface area (Å²) in [4.78, 5) is 30.4. The molecular weight excluding hydrogens is 367 g/mol. The molecular formula is C24H25FN2O2. The van der Waals surface area contributed by atoms with Gasteiger partial charge in [0.25, 0.3) is 11.8 Å². The molecule has 4 nitrogen and oxygen atoms in total. The van der Waals surface area contributed by atoms with Crippen molar-refractivity contribution in [2.24, 2.45) is 11.8 Å². The van der Waals surface area contributed by atoms with Crippen molar-refractivity contribution in [3.63, 3.8) is 0 Å². The Hall–Kier alpha value is -2.95. The normalized spacial score (nSPS) is 22.6. The Morgan fingerprint density at radius 3 is 2.14 bits per heavy atom. The average Bonchev–Trinajstić information content (AvgIpc) is 2.93. The van der Waals surface area contributed by atoms with Gasteiger partial charge in [0.05, 0.1) is 11.3 Å². The fourth-order valence-corrected chi connectivity index (χ4v) is 4.57. The van der Waals surface area contributed by atoms with Gasteiger partial charge in [0.15, 0.2) is 0 Å².